The van der Waals surface area contributed by atoms with E-state index in [1.807, 2.05) is 11.8 Å². The summed E-state index contributed by atoms with van der Waals surface area (Å²) >= 11 is 0. The van der Waals surface area contributed by atoms with E-state index in [4.69, 9.17) is 10.5 Å². The lowest BCUT2D eigenvalue weighted by atomic mass is 9.87. The molecule has 4 nitrogen and oxygen atoms in total. The van der Waals surface area contributed by atoms with Gasteiger partial charge < -0.3 is 15.4 Å². The van der Waals surface area contributed by atoms with Gasteiger partial charge in [-0.1, -0.05) is 6.92 Å². The molecule has 0 saturated carbocycles. The Labute approximate surface area is 103 Å². The van der Waals surface area contributed by atoms with Gasteiger partial charge in [-0.2, -0.15) is 0 Å². The molecular formula is C13H24N2O2. The maximum atomic E-state index is 12.5. The van der Waals surface area contributed by atoms with Gasteiger partial charge in [0.25, 0.3) is 0 Å². The lowest BCUT2D eigenvalue weighted by Crippen LogP contribution is -2.49. The van der Waals surface area contributed by atoms with E-state index in [1.54, 1.807) is 0 Å². The van der Waals surface area contributed by atoms with Crippen LogP contribution in [-0.2, 0) is 9.53 Å². The van der Waals surface area contributed by atoms with Gasteiger partial charge in [-0.05, 0) is 32.6 Å². The van der Waals surface area contributed by atoms with E-state index < -0.39 is 0 Å². The monoisotopic (exact) mass is 240 g/mol. The molecule has 1 amide bonds. The van der Waals surface area contributed by atoms with Gasteiger partial charge in [0.2, 0.25) is 5.91 Å². The highest BCUT2D eigenvalue weighted by Crippen LogP contribution is 2.33. The highest BCUT2D eigenvalue weighted by Gasteiger charge is 2.43. The van der Waals surface area contributed by atoms with Crippen LogP contribution in [0.1, 0.15) is 33.6 Å². The number of hydrogen-bond acceptors (Lipinski definition) is 3. The first kappa shape index (κ1) is 12.8. The summed E-state index contributed by atoms with van der Waals surface area (Å²) in [5.74, 6) is 0.551. The molecule has 2 fully saturated rings. The third kappa shape index (κ3) is 2.47. The van der Waals surface area contributed by atoms with Crippen molar-refractivity contribution in [3.05, 3.63) is 0 Å². The molecule has 98 valence electrons. The summed E-state index contributed by atoms with van der Waals surface area (Å²) in [7, 11) is 0. The molecule has 0 aromatic carbocycles. The predicted molar refractivity (Wildman–Crippen MR) is 66.5 cm³/mol. The predicted octanol–water partition coefficient (Wildman–Crippen LogP) is 0.996. The summed E-state index contributed by atoms with van der Waals surface area (Å²) in [6, 6.07) is 0.151. The van der Waals surface area contributed by atoms with Crippen molar-refractivity contribution < 1.29 is 9.53 Å². The fraction of sp³-hybridized carbons (Fsp3) is 0.923. The van der Waals surface area contributed by atoms with E-state index in [0.717, 1.165) is 19.4 Å². The molecule has 2 saturated heterocycles. The topological polar surface area (TPSA) is 55.6 Å². The zero-order chi connectivity index (χ0) is 12.6. The van der Waals surface area contributed by atoms with Crippen LogP contribution in [0.5, 0.6) is 0 Å². The van der Waals surface area contributed by atoms with E-state index in [-0.39, 0.29) is 30.1 Å². The molecule has 5 atom stereocenters. The minimum atomic E-state index is 0.00954. The van der Waals surface area contributed by atoms with Gasteiger partial charge in [-0.15, -0.1) is 0 Å². The molecule has 0 aromatic rings. The number of carbonyl (C=O) groups is 1. The Morgan fingerprint density at radius 3 is 2.53 bits per heavy atom. The molecule has 2 N–H and O–H groups in total. The number of nitrogens with zero attached hydrogens (tertiary/aromatic N) is 1. The molecule has 0 aliphatic carbocycles. The Morgan fingerprint density at radius 1 is 1.29 bits per heavy atom. The first-order valence-corrected chi connectivity index (χ1v) is 6.70. The zero-order valence-corrected chi connectivity index (χ0v) is 11.1. The van der Waals surface area contributed by atoms with Crippen LogP contribution in [0.3, 0.4) is 0 Å². The van der Waals surface area contributed by atoms with Crippen molar-refractivity contribution in [2.24, 2.45) is 17.6 Å². The van der Waals surface area contributed by atoms with Gasteiger partial charge in [0.05, 0.1) is 18.1 Å². The van der Waals surface area contributed by atoms with Gasteiger partial charge in [0.15, 0.2) is 0 Å². The quantitative estimate of drug-likeness (QED) is 0.744. The van der Waals surface area contributed by atoms with Crippen molar-refractivity contribution in [3.8, 4) is 0 Å². The number of rotatable bonds is 1. The van der Waals surface area contributed by atoms with Crippen molar-refractivity contribution in [1.82, 2.24) is 4.90 Å². The molecule has 0 spiro atoms. The summed E-state index contributed by atoms with van der Waals surface area (Å²) in [4.78, 5) is 14.4. The molecule has 2 aliphatic rings. The standard InChI is InChI=1S/C13H24N2O2/c1-8-9(2)17-10(3)12(8)13(16)15-6-4-5-11(14)7-15/h8-12H,4-7,14H2,1-3H3/t8?,9?,10?,11-,12?/m1/s1. The first-order valence-electron chi connectivity index (χ1n) is 6.70. The molecule has 2 rings (SSSR count). The lowest BCUT2D eigenvalue weighted by molar-refractivity contribution is -0.139. The highest BCUT2D eigenvalue weighted by molar-refractivity contribution is 5.80. The van der Waals surface area contributed by atoms with E-state index in [2.05, 4.69) is 13.8 Å². The smallest absolute Gasteiger partial charge is 0.228 e. The average molecular weight is 240 g/mol. The van der Waals surface area contributed by atoms with E-state index in [0.29, 0.717) is 12.5 Å². The maximum Gasteiger partial charge on any atom is 0.228 e. The van der Waals surface area contributed by atoms with Crippen LogP contribution in [0.2, 0.25) is 0 Å². The summed E-state index contributed by atoms with van der Waals surface area (Å²) in [6.07, 6.45) is 2.27. The second-order valence-corrected chi connectivity index (χ2v) is 5.62. The molecule has 17 heavy (non-hydrogen) atoms. The van der Waals surface area contributed by atoms with Crippen molar-refractivity contribution in [3.63, 3.8) is 0 Å². The number of nitrogens with two attached hydrogens (primary N) is 1. The largest absolute Gasteiger partial charge is 0.374 e. The molecule has 0 radical (unpaired) electrons. The average Bonchev–Trinajstić information content (AvgIpc) is 2.52. The fourth-order valence-corrected chi connectivity index (χ4v) is 3.11. The lowest BCUT2D eigenvalue weighted by Gasteiger charge is -2.34. The number of carbonyl (C=O) groups excluding carboxylic acids is 1. The Kier molecular flexibility index (Phi) is 3.73. The second-order valence-electron chi connectivity index (χ2n) is 5.62. The Hall–Kier alpha value is -0.610. The minimum Gasteiger partial charge on any atom is -0.374 e. The number of piperidine rings is 1. The molecule has 2 heterocycles. The minimum absolute atomic E-state index is 0.00954. The third-order valence-corrected chi connectivity index (χ3v) is 4.30. The van der Waals surface area contributed by atoms with Gasteiger partial charge in [0.1, 0.15) is 0 Å². The van der Waals surface area contributed by atoms with Crippen LogP contribution in [0.4, 0.5) is 0 Å². The first-order chi connectivity index (χ1) is 8.00. The fourth-order valence-electron chi connectivity index (χ4n) is 3.11. The summed E-state index contributed by atoms with van der Waals surface area (Å²) in [6.45, 7) is 7.74. The summed E-state index contributed by atoms with van der Waals surface area (Å²) < 4.78 is 5.75. The number of ether oxygens (including phenoxy) is 1. The zero-order valence-electron chi connectivity index (χ0n) is 11.1. The van der Waals surface area contributed by atoms with E-state index in [1.165, 1.54) is 0 Å². The van der Waals surface area contributed by atoms with Crippen molar-refractivity contribution in [2.75, 3.05) is 13.1 Å². The molecule has 4 unspecified atom stereocenters. The number of likely N-dealkylation sites (tertiary alicyclic amines) is 1. The van der Waals surface area contributed by atoms with Crippen molar-refractivity contribution >= 4 is 5.91 Å². The van der Waals surface area contributed by atoms with Crippen molar-refractivity contribution in [1.29, 1.82) is 0 Å². The maximum absolute atomic E-state index is 12.5. The second kappa shape index (κ2) is 4.94. The van der Waals surface area contributed by atoms with E-state index in [9.17, 15) is 4.79 Å². The van der Waals surface area contributed by atoms with Gasteiger partial charge in [0, 0.05) is 19.1 Å². The summed E-state index contributed by atoms with van der Waals surface area (Å²) in [5.41, 5.74) is 5.93. The van der Waals surface area contributed by atoms with Gasteiger partial charge >= 0.3 is 0 Å². The van der Waals surface area contributed by atoms with Crippen LogP contribution in [0.15, 0.2) is 0 Å². The SMILES string of the molecule is CC1OC(C)C(C(=O)N2CCC[C@@H](N)C2)C1C. The van der Waals surface area contributed by atoms with Crippen LogP contribution in [0, 0.1) is 11.8 Å². The Bertz CT molecular complexity index is 295. The van der Waals surface area contributed by atoms with Crippen molar-refractivity contribution in [2.45, 2.75) is 51.9 Å². The normalized spacial score (nSPS) is 42.8. The van der Waals surface area contributed by atoms with Crippen LogP contribution < -0.4 is 5.73 Å². The third-order valence-electron chi connectivity index (χ3n) is 4.30. The Balaban J connectivity index is 2.04. The molecule has 0 aromatic heterocycles. The molecule has 0 bridgehead atoms. The highest BCUT2D eigenvalue weighted by atomic mass is 16.5. The number of hydrogen-bond donors (Lipinski definition) is 1. The summed E-state index contributed by atoms with van der Waals surface area (Å²) in [5, 5.41) is 0. The van der Waals surface area contributed by atoms with Crippen LogP contribution in [-0.4, -0.2) is 42.1 Å². The van der Waals surface area contributed by atoms with Gasteiger partial charge in [-0.3, -0.25) is 4.79 Å². The molecule has 2 aliphatic heterocycles. The van der Waals surface area contributed by atoms with Gasteiger partial charge in [-0.25, -0.2) is 0 Å². The molecular weight excluding hydrogens is 216 g/mol. The number of amides is 1. The van der Waals surface area contributed by atoms with Crippen LogP contribution >= 0.6 is 0 Å². The molecule has 4 heteroatoms. The Morgan fingerprint density at radius 2 is 2.00 bits per heavy atom. The van der Waals surface area contributed by atoms with Crippen LogP contribution in [0.25, 0.3) is 0 Å². The van der Waals surface area contributed by atoms with E-state index >= 15 is 0 Å².